The smallest absolute Gasteiger partial charge is 0.234 e. The summed E-state index contributed by atoms with van der Waals surface area (Å²) < 4.78 is 0. The number of aryl methyl sites for hydroxylation is 1. The number of hydrogen-bond donors (Lipinski definition) is 2. The minimum atomic E-state index is -0.00476. The van der Waals surface area contributed by atoms with Gasteiger partial charge in [0.15, 0.2) is 0 Å². The molecule has 0 saturated carbocycles. The summed E-state index contributed by atoms with van der Waals surface area (Å²) in [4.78, 5) is 15.7. The van der Waals surface area contributed by atoms with Crippen LogP contribution >= 0.6 is 11.3 Å². The zero-order valence-corrected chi connectivity index (χ0v) is 10.1. The van der Waals surface area contributed by atoms with Crippen molar-refractivity contribution in [2.75, 3.05) is 13.1 Å². The zero-order chi connectivity index (χ0) is 11.3. The lowest BCUT2D eigenvalue weighted by Crippen LogP contribution is -2.35. The molecule has 0 aliphatic carbocycles. The molecule has 1 heterocycles. The van der Waals surface area contributed by atoms with Crippen LogP contribution < -0.4 is 10.6 Å². The van der Waals surface area contributed by atoms with E-state index in [4.69, 9.17) is 0 Å². The van der Waals surface area contributed by atoms with E-state index in [2.05, 4.69) is 15.6 Å². The summed E-state index contributed by atoms with van der Waals surface area (Å²) in [5.41, 5.74) is 1.00. The highest BCUT2D eigenvalue weighted by molar-refractivity contribution is 7.09. The number of likely N-dealkylation sites (N-methyl/N-ethyl adjacent to an activating group) is 1. The highest BCUT2D eigenvalue weighted by Gasteiger charge is 2.11. The molecule has 0 fully saturated rings. The van der Waals surface area contributed by atoms with Crippen molar-refractivity contribution in [3.63, 3.8) is 0 Å². The van der Waals surface area contributed by atoms with Gasteiger partial charge in [0.05, 0.1) is 12.6 Å². The maximum Gasteiger partial charge on any atom is 0.234 e. The Bertz CT molecular complexity index is 324. The molecule has 0 spiro atoms. The number of thiazole rings is 1. The Balaban J connectivity index is 2.41. The summed E-state index contributed by atoms with van der Waals surface area (Å²) in [6.45, 7) is 7.04. The zero-order valence-electron chi connectivity index (χ0n) is 9.33. The molecule has 1 aromatic rings. The fourth-order valence-electron chi connectivity index (χ4n) is 1.16. The number of carbonyl (C=O) groups is 1. The van der Waals surface area contributed by atoms with Gasteiger partial charge in [-0.25, -0.2) is 4.98 Å². The molecule has 1 atom stereocenters. The van der Waals surface area contributed by atoms with Gasteiger partial charge in [-0.3, -0.25) is 4.79 Å². The van der Waals surface area contributed by atoms with Crippen molar-refractivity contribution >= 4 is 17.2 Å². The highest BCUT2D eigenvalue weighted by atomic mass is 32.1. The van der Waals surface area contributed by atoms with E-state index in [0.717, 1.165) is 17.2 Å². The SMILES string of the molecule is CCNCC(=O)NC(C)c1nc(C)cs1. The lowest BCUT2D eigenvalue weighted by molar-refractivity contribution is -0.120. The molecule has 0 aliphatic rings. The first kappa shape index (κ1) is 12.1. The first-order valence-corrected chi connectivity index (χ1v) is 5.93. The molecule has 0 bridgehead atoms. The molecule has 0 radical (unpaired) electrons. The minimum Gasteiger partial charge on any atom is -0.346 e. The quantitative estimate of drug-likeness (QED) is 0.795. The number of amides is 1. The predicted octanol–water partition coefficient (Wildman–Crippen LogP) is 1.24. The van der Waals surface area contributed by atoms with E-state index in [-0.39, 0.29) is 11.9 Å². The maximum atomic E-state index is 11.4. The first-order chi connectivity index (χ1) is 7.13. The third kappa shape index (κ3) is 3.97. The van der Waals surface area contributed by atoms with Crippen LogP contribution in [0, 0.1) is 6.92 Å². The van der Waals surface area contributed by atoms with Gasteiger partial charge in [0, 0.05) is 11.1 Å². The number of nitrogens with zero attached hydrogens (tertiary/aromatic N) is 1. The lowest BCUT2D eigenvalue weighted by Gasteiger charge is -2.11. The van der Waals surface area contributed by atoms with Gasteiger partial charge in [0.25, 0.3) is 0 Å². The summed E-state index contributed by atoms with van der Waals surface area (Å²) in [6, 6.07) is -0.00476. The van der Waals surface area contributed by atoms with Crippen molar-refractivity contribution in [2.45, 2.75) is 26.8 Å². The van der Waals surface area contributed by atoms with Crippen LogP contribution in [0.2, 0.25) is 0 Å². The fourth-order valence-corrected chi connectivity index (χ4v) is 1.97. The number of carbonyl (C=O) groups excluding carboxylic acids is 1. The van der Waals surface area contributed by atoms with Gasteiger partial charge in [-0.1, -0.05) is 6.92 Å². The summed E-state index contributed by atoms with van der Waals surface area (Å²) >= 11 is 1.58. The average molecular weight is 227 g/mol. The van der Waals surface area contributed by atoms with Crippen LogP contribution in [0.15, 0.2) is 5.38 Å². The van der Waals surface area contributed by atoms with Crippen molar-refractivity contribution in [1.29, 1.82) is 0 Å². The van der Waals surface area contributed by atoms with Crippen LogP contribution in [0.4, 0.5) is 0 Å². The molecule has 0 aromatic carbocycles. The van der Waals surface area contributed by atoms with E-state index >= 15 is 0 Å². The third-order valence-electron chi connectivity index (χ3n) is 1.92. The largest absolute Gasteiger partial charge is 0.346 e. The van der Waals surface area contributed by atoms with Crippen LogP contribution in [0.3, 0.4) is 0 Å². The van der Waals surface area contributed by atoms with Crippen molar-refractivity contribution in [2.24, 2.45) is 0 Å². The molecule has 1 rings (SSSR count). The van der Waals surface area contributed by atoms with Crippen molar-refractivity contribution in [1.82, 2.24) is 15.6 Å². The van der Waals surface area contributed by atoms with E-state index < -0.39 is 0 Å². The number of rotatable bonds is 5. The Morgan fingerprint density at radius 1 is 1.67 bits per heavy atom. The topological polar surface area (TPSA) is 54.0 Å². The Kier molecular flexibility index (Phi) is 4.71. The van der Waals surface area contributed by atoms with Gasteiger partial charge in [-0.15, -0.1) is 11.3 Å². The van der Waals surface area contributed by atoms with Crippen molar-refractivity contribution in [3.05, 3.63) is 16.1 Å². The molecule has 15 heavy (non-hydrogen) atoms. The summed E-state index contributed by atoms with van der Waals surface area (Å²) in [5, 5.41) is 8.82. The predicted molar refractivity (Wildman–Crippen MR) is 62.0 cm³/mol. The maximum absolute atomic E-state index is 11.4. The van der Waals surface area contributed by atoms with E-state index in [1.807, 2.05) is 26.2 Å². The molecule has 84 valence electrons. The molecular formula is C10H17N3OS. The van der Waals surface area contributed by atoms with E-state index in [1.54, 1.807) is 11.3 Å². The molecule has 1 amide bonds. The standard InChI is InChI=1S/C10H17N3OS/c1-4-11-5-9(14)13-8(3)10-12-7(2)6-15-10/h6,8,11H,4-5H2,1-3H3,(H,13,14). The van der Waals surface area contributed by atoms with Gasteiger partial charge >= 0.3 is 0 Å². The molecule has 5 heteroatoms. The Morgan fingerprint density at radius 2 is 2.40 bits per heavy atom. The Labute approximate surface area is 94.1 Å². The normalized spacial score (nSPS) is 12.5. The van der Waals surface area contributed by atoms with Gasteiger partial charge in [-0.2, -0.15) is 0 Å². The number of hydrogen-bond acceptors (Lipinski definition) is 4. The second kappa shape index (κ2) is 5.82. The van der Waals surface area contributed by atoms with Crippen LogP contribution in [-0.2, 0) is 4.79 Å². The minimum absolute atomic E-state index is 0.00476. The molecule has 1 aromatic heterocycles. The Hall–Kier alpha value is -0.940. The molecule has 1 unspecified atom stereocenters. The second-order valence-electron chi connectivity index (χ2n) is 3.40. The second-order valence-corrected chi connectivity index (χ2v) is 4.29. The highest BCUT2D eigenvalue weighted by Crippen LogP contribution is 2.16. The van der Waals surface area contributed by atoms with E-state index in [9.17, 15) is 4.79 Å². The van der Waals surface area contributed by atoms with Crippen LogP contribution in [0.25, 0.3) is 0 Å². The average Bonchev–Trinajstić information content (AvgIpc) is 2.61. The van der Waals surface area contributed by atoms with Gasteiger partial charge in [0.1, 0.15) is 5.01 Å². The summed E-state index contributed by atoms with van der Waals surface area (Å²) in [6.07, 6.45) is 0. The fraction of sp³-hybridized carbons (Fsp3) is 0.600. The summed E-state index contributed by atoms with van der Waals surface area (Å²) in [7, 11) is 0. The van der Waals surface area contributed by atoms with Gasteiger partial charge in [0.2, 0.25) is 5.91 Å². The third-order valence-corrected chi connectivity index (χ3v) is 3.07. The number of nitrogens with one attached hydrogen (secondary N) is 2. The number of aromatic nitrogens is 1. The first-order valence-electron chi connectivity index (χ1n) is 5.05. The van der Waals surface area contributed by atoms with Crippen LogP contribution in [0.1, 0.15) is 30.6 Å². The van der Waals surface area contributed by atoms with E-state index in [1.165, 1.54) is 0 Å². The molecular weight excluding hydrogens is 210 g/mol. The lowest BCUT2D eigenvalue weighted by atomic mass is 10.3. The van der Waals surface area contributed by atoms with Gasteiger partial charge in [-0.05, 0) is 20.4 Å². The van der Waals surface area contributed by atoms with Crippen LogP contribution in [0.5, 0.6) is 0 Å². The van der Waals surface area contributed by atoms with Crippen molar-refractivity contribution in [3.8, 4) is 0 Å². The molecule has 4 nitrogen and oxygen atoms in total. The molecule has 0 aliphatic heterocycles. The van der Waals surface area contributed by atoms with Crippen molar-refractivity contribution < 1.29 is 4.79 Å². The van der Waals surface area contributed by atoms with E-state index in [0.29, 0.717) is 6.54 Å². The monoisotopic (exact) mass is 227 g/mol. The van der Waals surface area contributed by atoms with Gasteiger partial charge < -0.3 is 10.6 Å². The Morgan fingerprint density at radius 3 is 2.93 bits per heavy atom. The molecule has 2 N–H and O–H groups in total. The summed E-state index contributed by atoms with van der Waals surface area (Å²) in [5.74, 6) is 0.0113. The molecule has 0 saturated heterocycles. The van der Waals surface area contributed by atoms with Crippen LogP contribution in [-0.4, -0.2) is 24.0 Å².